The summed E-state index contributed by atoms with van der Waals surface area (Å²) in [5, 5.41) is 10.1. The van der Waals surface area contributed by atoms with Crippen LogP contribution in [-0.4, -0.2) is 47.8 Å². The molecule has 6 heteroatoms. The van der Waals surface area contributed by atoms with Crippen molar-refractivity contribution in [3.63, 3.8) is 0 Å². The first kappa shape index (κ1) is 17.6. The van der Waals surface area contributed by atoms with E-state index in [-0.39, 0.29) is 30.6 Å². The zero-order valence-corrected chi connectivity index (χ0v) is 15.4. The summed E-state index contributed by atoms with van der Waals surface area (Å²) < 4.78 is 11.7. The van der Waals surface area contributed by atoms with Gasteiger partial charge in [-0.25, -0.2) is 0 Å². The van der Waals surface area contributed by atoms with Crippen LogP contribution >= 0.6 is 11.6 Å². The van der Waals surface area contributed by atoms with Gasteiger partial charge in [-0.2, -0.15) is 0 Å². The average molecular weight is 376 g/mol. The van der Waals surface area contributed by atoms with Crippen molar-refractivity contribution in [2.24, 2.45) is 5.92 Å². The van der Waals surface area contributed by atoms with Gasteiger partial charge in [-0.15, -0.1) is 0 Å². The van der Waals surface area contributed by atoms with Crippen molar-refractivity contribution < 1.29 is 19.1 Å². The number of aliphatic hydroxyl groups excluding tert-OH is 1. The predicted octanol–water partition coefficient (Wildman–Crippen LogP) is 3.52. The molecule has 0 radical (unpaired) electrons. The zero-order chi connectivity index (χ0) is 18.3. The molecule has 2 heterocycles. The van der Waals surface area contributed by atoms with Crippen molar-refractivity contribution >= 4 is 17.5 Å². The molecule has 1 saturated heterocycles. The van der Waals surface area contributed by atoms with E-state index in [0.717, 1.165) is 18.4 Å². The van der Waals surface area contributed by atoms with Crippen LogP contribution in [0.1, 0.15) is 29.0 Å². The molecule has 1 aromatic carbocycles. The van der Waals surface area contributed by atoms with Gasteiger partial charge in [0.1, 0.15) is 11.5 Å². The van der Waals surface area contributed by atoms with Crippen LogP contribution in [0.25, 0.3) is 11.3 Å². The highest BCUT2D eigenvalue weighted by atomic mass is 35.5. The van der Waals surface area contributed by atoms with Crippen LogP contribution in [0.3, 0.4) is 0 Å². The van der Waals surface area contributed by atoms with E-state index in [1.54, 1.807) is 19.1 Å². The second-order valence-electron chi connectivity index (χ2n) is 7.06. The van der Waals surface area contributed by atoms with Crippen molar-refractivity contribution in [2.45, 2.75) is 31.9 Å². The lowest BCUT2D eigenvalue weighted by Gasteiger charge is -2.37. The van der Waals surface area contributed by atoms with Crippen molar-refractivity contribution in [1.29, 1.82) is 0 Å². The number of fused-ring (bicyclic) bond motifs is 1. The van der Waals surface area contributed by atoms with Gasteiger partial charge >= 0.3 is 0 Å². The minimum Gasteiger partial charge on any atom is -0.460 e. The molecule has 2 aromatic rings. The Morgan fingerprint density at radius 3 is 2.92 bits per heavy atom. The first-order valence-electron chi connectivity index (χ1n) is 8.97. The molecule has 0 spiro atoms. The minimum atomic E-state index is -0.0403. The molecular weight excluding hydrogens is 354 g/mol. The number of aliphatic hydroxyl groups is 1. The smallest absolute Gasteiger partial charge is 0.257 e. The van der Waals surface area contributed by atoms with E-state index in [9.17, 15) is 9.90 Å². The summed E-state index contributed by atoms with van der Waals surface area (Å²) in [5.41, 5.74) is 1.34. The van der Waals surface area contributed by atoms with Crippen LogP contribution in [-0.2, 0) is 4.74 Å². The Balaban J connectivity index is 1.61. The molecule has 1 N–H and O–H groups in total. The van der Waals surface area contributed by atoms with Gasteiger partial charge in [0.2, 0.25) is 0 Å². The number of rotatable bonds is 3. The molecule has 26 heavy (non-hydrogen) atoms. The van der Waals surface area contributed by atoms with E-state index in [4.69, 9.17) is 20.8 Å². The van der Waals surface area contributed by atoms with Crippen LogP contribution in [0.4, 0.5) is 0 Å². The second-order valence-corrected chi connectivity index (χ2v) is 7.46. The van der Waals surface area contributed by atoms with Gasteiger partial charge in [0.15, 0.2) is 0 Å². The van der Waals surface area contributed by atoms with Crippen LogP contribution in [0.5, 0.6) is 0 Å². The third kappa shape index (κ3) is 3.04. The molecular formula is C20H22ClNO4. The van der Waals surface area contributed by atoms with Crippen molar-refractivity contribution in [2.75, 3.05) is 19.8 Å². The first-order valence-corrected chi connectivity index (χ1v) is 9.35. The maximum atomic E-state index is 13.2. The van der Waals surface area contributed by atoms with Gasteiger partial charge in [-0.3, -0.25) is 4.79 Å². The van der Waals surface area contributed by atoms with Gasteiger partial charge in [0, 0.05) is 18.7 Å². The summed E-state index contributed by atoms with van der Waals surface area (Å²) >= 11 is 6.26. The van der Waals surface area contributed by atoms with E-state index in [2.05, 4.69) is 0 Å². The lowest BCUT2D eigenvalue weighted by Crippen LogP contribution is -2.51. The predicted molar refractivity (Wildman–Crippen MR) is 98.3 cm³/mol. The summed E-state index contributed by atoms with van der Waals surface area (Å²) in [5.74, 6) is 1.34. The number of furan rings is 1. The van der Waals surface area contributed by atoms with Crippen LogP contribution in [0, 0.1) is 12.8 Å². The summed E-state index contributed by atoms with van der Waals surface area (Å²) in [6.07, 6.45) is 1.60. The van der Waals surface area contributed by atoms with Crippen molar-refractivity contribution in [3.05, 3.63) is 46.7 Å². The summed E-state index contributed by atoms with van der Waals surface area (Å²) in [6.45, 7) is 3.03. The molecule has 1 amide bonds. The largest absolute Gasteiger partial charge is 0.460 e. The van der Waals surface area contributed by atoms with E-state index in [1.165, 1.54) is 0 Å². The zero-order valence-electron chi connectivity index (χ0n) is 14.7. The number of carbonyl (C=O) groups excluding carboxylic acids is 1. The molecule has 0 bridgehead atoms. The Morgan fingerprint density at radius 1 is 1.35 bits per heavy atom. The van der Waals surface area contributed by atoms with E-state index in [0.29, 0.717) is 35.3 Å². The molecule has 1 aromatic heterocycles. The standard InChI is InChI=1S/C20H22ClNO4/c1-12-15(10-18(26-12)14-4-2-3-5-16(14)21)20(24)22-6-7-25-19-9-13(11-23)8-17(19)22/h2-5,10,13,17,19,23H,6-9,11H2,1H3/t13-,17+,19?/m1/s1. The van der Waals surface area contributed by atoms with Crippen molar-refractivity contribution in [3.8, 4) is 11.3 Å². The lowest BCUT2D eigenvalue weighted by molar-refractivity contribution is -0.0449. The quantitative estimate of drug-likeness (QED) is 0.891. The molecule has 138 valence electrons. The third-order valence-corrected chi connectivity index (χ3v) is 5.77. The number of hydrogen-bond donors (Lipinski definition) is 1. The number of carbonyl (C=O) groups is 1. The number of amides is 1. The van der Waals surface area contributed by atoms with Gasteiger partial charge in [0.25, 0.3) is 5.91 Å². The Morgan fingerprint density at radius 2 is 2.15 bits per heavy atom. The van der Waals surface area contributed by atoms with Crippen LogP contribution in [0.15, 0.2) is 34.7 Å². The molecule has 1 saturated carbocycles. The Bertz CT molecular complexity index is 818. The molecule has 4 rings (SSSR count). The summed E-state index contributed by atoms with van der Waals surface area (Å²) in [4.78, 5) is 15.1. The van der Waals surface area contributed by atoms with Gasteiger partial charge in [-0.1, -0.05) is 23.7 Å². The molecule has 5 nitrogen and oxygen atoms in total. The SMILES string of the molecule is Cc1oc(-c2ccccc2Cl)cc1C(=O)N1CCOC2C[C@H](CO)C[C@@H]21. The highest BCUT2D eigenvalue weighted by molar-refractivity contribution is 6.33. The maximum absolute atomic E-state index is 13.2. The Labute approximate surface area is 157 Å². The first-order chi connectivity index (χ1) is 12.6. The molecule has 2 fully saturated rings. The number of nitrogens with zero attached hydrogens (tertiary/aromatic N) is 1. The molecule has 3 atom stereocenters. The minimum absolute atomic E-state index is 0.0140. The van der Waals surface area contributed by atoms with E-state index in [1.807, 2.05) is 23.1 Å². The Kier molecular flexibility index (Phi) is 4.78. The molecule has 1 unspecified atom stereocenters. The number of morpholine rings is 1. The fourth-order valence-corrected chi connectivity index (χ4v) is 4.32. The second kappa shape index (κ2) is 7.06. The normalized spacial score (nSPS) is 25.3. The van der Waals surface area contributed by atoms with Crippen molar-refractivity contribution in [1.82, 2.24) is 4.90 Å². The maximum Gasteiger partial charge on any atom is 0.257 e. The molecule has 1 aliphatic heterocycles. The van der Waals surface area contributed by atoms with E-state index >= 15 is 0 Å². The fourth-order valence-electron chi connectivity index (χ4n) is 4.09. The topological polar surface area (TPSA) is 62.9 Å². The van der Waals surface area contributed by atoms with Gasteiger partial charge in [-0.05, 0) is 43.9 Å². The number of benzene rings is 1. The highest BCUT2D eigenvalue weighted by Crippen LogP contribution is 2.36. The summed E-state index contributed by atoms with van der Waals surface area (Å²) in [7, 11) is 0. The lowest BCUT2D eigenvalue weighted by atomic mass is 10.1. The highest BCUT2D eigenvalue weighted by Gasteiger charge is 2.43. The Hall–Kier alpha value is -1.82. The van der Waals surface area contributed by atoms with E-state index < -0.39 is 0 Å². The number of hydrogen-bond acceptors (Lipinski definition) is 4. The molecule has 1 aliphatic carbocycles. The number of ether oxygens (including phenoxy) is 1. The number of halogens is 1. The van der Waals surface area contributed by atoms with Gasteiger partial charge in [0.05, 0.1) is 29.3 Å². The summed E-state index contributed by atoms with van der Waals surface area (Å²) in [6, 6.07) is 9.23. The van der Waals surface area contributed by atoms with Crippen LogP contribution < -0.4 is 0 Å². The van der Waals surface area contributed by atoms with Gasteiger partial charge < -0.3 is 19.2 Å². The number of aryl methyl sites for hydroxylation is 1. The van der Waals surface area contributed by atoms with Crippen LogP contribution in [0.2, 0.25) is 5.02 Å². The monoisotopic (exact) mass is 375 g/mol. The fraction of sp³-hybridized carbons (Fsp3) is 0.450. The average Bonchev–Trinajstić information content (AvgIpc) is 3.24. The molecule has 2 aliphatic rings. The third-order valence-electron chi connectivity index (χ3n) is 5.44.